The lowest BCUT2D eigenvalue weighted by atomic mass is 9.79. The van der Waals surface area contributed by atoms with E-state index in [9.17, 15) is 9.50 Å². The van der Waals surface area contributed by atoms with Crippen LogP contribution in [-0.4, -0.2) is 17.4 Å². The lowest BCUT2D eigenvalue weighted by molar-refractivity contribution is -0.0465. The van der Waals surface area contributed by atoms with Crippen molar-refractivity contribution in [1.29, 1.82) is 0 Å². The molecule has 0 aromatic rings. The zero-order valence-electron chi connectivity index (χ0n) is 6.53. The van der Waals surface area contributed by atoms with Crippen LogP contribution < -0.4 is 0 Å². The van der Waals surface area contributed by atoms with Crippen LogP contribution in [0.25, 0.3) is 0 Å². The van der Waals surface area contributed by atoms with E-state index in [1.54, 1.807) is 27.7 Å². The Morgan fingerprint density at radius 3 is 1.56 bits per heavy atom. The van der Waals surface area contributed by atoms with Gasteiger partial charge in [-0.1, -0.05) is 13.8 Å². The number of hydrogen-bond acceptors (Lipinski definition) is 1. The minimum absolute atomic E-state index is 0.490. The maximum Gasteiger partial charge on any atom is 0.0972 e. The Morgan fingerprint density at radius 2 is 1.56 bits per heavy atom. The molecule has 1 N–H and O–H groups in total. The third-order valence-corrected chi connectivity index (χ3v) is 1.99. The number of halogens is 1. The molecule has 0 radical (unpaired) electrons. The van der Waals surface area contributed by atoms with Gasteiger partial charge in [0.05, 0.1) is 12.3 Å². The predicted octanol–water partition coefficient (Wildman–Crippen LogP) is 1.75. The Bertz CT molecular complexity index is 91.6. The van der Waals surface area contributed by atoms with Crippen molar-refractivity contribution < 1.29 is 9.50 Å². The van der Waals surface area contributed by atoms with Crippen molar-refractivity contribution >= 4 is 0 Å². The molecule has 0 bridgehead atoms. The molecule has 2 heteroatoms. The number of alkyl halides is 1. The maximum atomic E-state index is 12.1. The van der Waals surface area contributed by atoms with Gasteiger partial charge in [-0.25, -0.2) is 0 Å². The second kappa shape index (κ2) is 2.25. The van der Waals surface area contributed by atoms with Crippen LogP contribution in [0.3, 0.4) is 0 Å². The van der Waals surface area contributed by atoms with Crippen LogP contribution in [0.2, 0.25) is 0 Å². The van der Waals surface area contributed by atoms with Gasteiger partial charge in [-0.05, 0) is 13.8 Å². The van der Waals surface area contributed by atoms with Crippen LogP contribution >= 0.6 is 0 Å². The molecule has 0 aliphatic rings. The fourth-order valence-corrected chi connectivity index (χ4v) is 0.164. The van der Waals surface area contributed by atoms with E-state index in [0.29, 0.717) is 0 Å². The molecule has 9 heavy (non-hydrogen) atoms. The highest BCUT2D eigenvalue weighted by molar-refractivity contribution is 4.84. The fraction of sp³-hybridized carbons (Fsp3) is 1.00. The quantitative estimate of drug-likeness (QED) is 0.610. The van der Waals surface area contributed by atoms with Crippen LogP contribution in [0.1, 0.15) is 27.7 Å². The van der Waals surface area contributed by atoms with Crippen molar-refractivity contribution in [3.05, 3.63) is 0 Å². The van der Waals surface area contributed by atoms with E-state index in [1.165, 1.54) is 0 Å². The molecule has 0 saturated heterocycles. The Balaban J connectivity index is 4.14. The second-order valence-corrected chi connectivity index (χ2v) is 3.58. The van der Waals surface area contributed by atoms with Crippen LogP contribution in [-0.2, 0) is 0 Å². The van der Waals surface area contributed by atoms with Crippen molar-refractivity contribution in [2.45, 2.75) is 33.3 Å². The molecule has 0 heterocycles. The number of aliphatic hydroxyl groups is 1. The van der Waals surface area contributed by atoms with Crippen LogP contribution in [0, 0.1) is 5.41 Å². The minimum Gasteiger partial charge on any atom is -0.390 e. The Kier molecular flexibility index (Phi) is 2.23. The van der Waals surface area contributed by atoms with Gasteiger partial charge in [0.2, 0.25) is 0 Å². The largest absolute Gasteiger partial charge is 0.390 e. The third kappa shape index (κ3) is 1.94. The van der Waals surface area contributed by atoms with Gasteiger partial charge in [0.15, 0.2) is 0 Å². The van der Waals surface area contributed by atoms with Gasteiger partial charge in [-0.3, -0.25) is 4.39 Å². The Hall–Kier alpha value is -0.110. The fourth-order valence-electron chi connectivity index (χ4n) is 0.164. The van der Waals surface area contributed by atoms with Gasteiger partial charge >= 0.3 is 0 Å². The summed E-state index contributed by atoms with van der Waals surface area (Å²) in [6.07, 6.45) is 0. The maximum absolute atomic E-state index is 12.1. The van der Waals surface area contributed by atoms with Gasteiger partial charge in [-0.15, -0.1) is 0 Å². The van der Waals surface area contributed by atoms with E-state index >= 15 is 0 Å². The summed E-state index contributed by atoms with van der Waals surface area (Å²) in [5.74, 6) is 0. The second-order valence-electron chi connectivity index (χ2n) is 3.58. The molecule has 0 saturated carbocycles. The van der Waals surface area contributed by atoms with Gasteiger partial charge in [0.1, 0.15) is 0 Å². The van der Waals surface area contributed by atoms with E-state index in [0.717, 1.165) is 0 Å². The molecule has 0 aliphatic heterocycles. The Labute approximate surface area is 55.9 Å². The highest BCUT2D eigenvalue weighted by atomic mass is 19.1. The van der Waals surface area contributed by atoms with E-state index in [1.807, 2.05) is 0 Å². The number of rotatable bonds is 2. The molecule has 0 aromatic heterocycles. The molecular weight excluding hydrogens is 119 g/mol. The summed E-state index contributed by atoms with van der Waals surface area (Å²) in [6.45, 7) is 6.15. The zero-order valence-corrected chi connectivity index (χ0v) is 6.53. The first kappa shape index (κ1) is 8.89. The summed E-state index contributed by atoms with van der Waals surface area (Å²) in [4.78, 5) is 0. The van der Waals surface area contributed by atoms with E-state index < -0.39 is 17.7 Å². The third-order valence-electron chi connectivity index (χ3n) is 1.99. The number of hydrogen-bond donors (Lipinski definition) is 1. The average molecular weight is 134 g/mol. The first-order valence-corrected chi connectivity index (χ1v) is 3.09. The topological polar surface area (TPSA) is 20.2 Å². The molecule has 0 amide bonds. The van der Waals surface area contributed by atoms with E-state index in [-0.39, 0.29) is 0 Å². The van der Waals surface area contributed by atoms with E-state index in [4.69, 9.17) is 0 Å². The van der Waals surface area contributed by atoms with Gasteiger partial charge in [0, 0.05) is 5.41 Å². The van der Waals surface area contributed by atoms with Crippen molar-refractivity contribution in [1.82, 2.24) is 0 Å². The van der Waals surface area contributed by atoms with Crippen molar-refractivity contribution in [2.24, 2.45) is 5.41 Å². The summed E-state index contributed by atoms with van der Waals surface area (Å²) in [6, 6.07) is 0. The summed E-state index contributed by atoms with van der Waals surface area (Å²) in [5, 5.41) is 9.31. The predicted molar refractivity (Wildman–Crippen MR) is 36.1 cm³/mol. The van der Waals surface area contributed by atoms with Crippen molar-refractivity contribution in [3.63, 3.8) is 0 Å². The van der Waals surface area contributed by atoms with E-state index in [2.05, 4.69) is 0 Å². The first-order valence-electron chi connectivity index (χ1n) is 3.09. The van der Waals surface area contributed by atoms with Gasteiger partial charge in [0.25, 0.3) is 0 Å². The van der Waals surface area contributed by atoms with Crippen LogP contribution in [0.15, 0.2) is 0 Å². The zero-order chi connectivity index (χ0) is 7.71. The van der Waals surface area contributed by atoms with Gasteiger partial charge in [-0.2, -0.15) is 0 Å². The smallest absolute Gasteiger partial charge is 0.0972 e. The molecule has 1 nitrogen and oxygen atoms in total. The summed E-state index contributed by atoms with van der Waals surface area (Å²) >= 11 is 0. The summed E-state index contributed by atoms with van der Waals surface area (Å²) in [7, 11) is 0. The Morgan fingerprint density at radius 1 is 1.22 bits per heavy atom. The minimum atomic E-state index is -0.929. The molecule has 0 spiro atoms. The molecule has 0 aromatic carbocycles. The SMILES string of the molecule is CC(C)(O)C(C)(C)CF. The lowest BCUT2D eigenvalue weighted by Gasteiger charge is -2.34. The monoisotopic (exact) mass is 134 g/mol. The van der Waals surface area contributed by atoms with Crippen LogP contribution in [0.4, 0.5) is 4.39 Å². The average Bonchev–Trinajstić information content (AvgIpc) is 1.64. The molecule has 0 atom stereocenters. The first-order chi connectivity index (χ1) is 3.81. The summed E-state index contributed by atoms with van der Waals surface area (Å²) < 4.78 is 12.1. The molecule has 56 valence electrons. The van der Waals surface area contributed by atoms with Crippen LogP contribution in [0.5, 0.6) is 0 Å². The molecule has 0 rings (SSSR count). The lowest BCUT2D eigenvalue weighted by Crippen LogP contribution is -2.40. The van der Waals surface area contributed by atoms with Crippen molar-refractivity contribution in [2.75, 3.05) is 6.67 Å². The van der Waals surface area contributed by atoms with Crippen molar-refractivity contribution in [3.8, 4) is 0 Å². The molecule has 0 aliphatic carbocycles. The normalized spacial score (nSPS) is 14.0. The van der Waals surface area contributed by atoms with Gasteiger partial charge < -0.3 is 5.11 Å². The molecule has 0 fully saturated rings. The standard InChI is InChI=1S/C7H15FO/c1-6(2,5-8)7(3,4)9/h9H,5H2,1-4H3. The highest BCUT2D eigenvalue weighted by Gasteiger charge is 2.34. The molecular formula is C7H15FO. The summed E-state index contributed by atoms with van der Waals surface area (Å²) in [5.41, 5.74) is -1.56. The highest BCUT2D eigenvalue weighted by Crippen LogP contribution is 2.30. The molecule has 0 unspecified atom stereocenters.